The van der Waals surface area contributed by atoms with Crippen molar-refractivity contribution in [3.63, 3.8) is 0 Å². The van der Waals surface area contributed by atoms with E-state index in [4.69, 9.17) is 0 Å². The Morgan fingerprint density at radius 3 is 1.67 bits per heavy atom. The van der Waals surface area contributed by atoms with E-state index in [0.717, 1.165) is 0 Å². The van der Waals surface area contributed by atoms with Gasteiger partial charge in [0.15, 0.2) is 0 Å². The minimum absolute atomic E-state index is 1.18. The van der Waals surface area contributed by atoms with E-state index in [2.05, 4.69) is 53.5 Å². The van der Waals surface area contributed by atoms with E-state index >= 15 is 0 Å². The van der Waals surface area contributed by atoms with E-state index in [9.17, 15) is 0 Å². The third-order valence-electron chi connectivity index (χ3n) is 3.28. The second-order valence-electron chi connectivity index (χ2n) is 4.79. The summed E-state index contributed by atoms with van der Waals surface area (Å²) in [6.45, 7) is 0. The number of aromatic nitrogens is 1. The van der Waals surface area contributed by atoms with Crippen molar-refractivity contribution in [2.45, 2.75) is 0 Å². The number of fused-ring (bicyclic) bond motifs is 1. The monoisotopic (exact) mass is 271 g/mol. The van der Waals surface area contributed by atoms with Crippen LogP contribution in [0.5, 0.6) is 0 Å². The van der Waals surface area contributed by atoms with Crippen molar-refractivity contribution >= 4 is 10.9 Å². The van der Waals surface area contributed by atoms with Gasteiger partial charge in [0.2, 0.25) is 0 Å². The standard InChI is InChI=1S/C14H11N.C6H6/c1-2-6-11(7-3-1)14-10-12-8-4-5-9-13(12)15-14;1-2-4-6-5-3-1/h1-10,15H;1-6H. The van der Waals surface area contributed by atoms with Gasteiger partial charge in [0.1, 0.15) is 0 Å². The fourth-order valence-corrected chi connectivity index (χ4v) is 2.23. The van der Waals surface area contributed by atoms with Gasteiger partial charge < -0.3 is 4.98 Å². The Morgan fingerprint density at radius 2 is 1.05 bits per heavy atom. The van der Waals surface area contributed by atoms with Gasteiger partial charge in [0.25, 0.3) is 0 Å². The van der Waals surface area contributed by atoms with E-state index in [1.54, 1.807) is 0 Å². The molecule has 1 N–H and O–H groups in total. The molecule has 1 nitrogen and oxygen atoms in total. The highest BCUT2D eigenvalue weighted by atomic mass is 14.7. The average Bonchev–Trinajstić information content (AvgIpc) is 3.02. The Hall–Kier alpha value is -2.80. The van der Waals surface area contributed by atoms with Gasteiger partial charge >= 0.3 is 0 Å². The second kappa shape index (κ2) is 6.58. The summed E-state index contributed by atoms with van der Waals surface area (Å²) in [5.41, 5.74) is 3.60. The third-order valence-corrected chi connectivity index (χ3v) is 3.28. The first-order valence-electron chi connectivity index (χ1n) is 7.07. The summed E-state index contributed by atoms with van der Waals surface area (Å²) >= 11 is 0. The maximum absolute atomic E-state index is 3.41. The topological polar surface area (TPSA) is 15.8 Å². The normalized spacial score (nSPS) is 9.90. The van der Waals surface area contributed by atoms with Gasteiger partial charge in [-0.3, -0.25) is 0 Å². The van der Waals surface area contributed by atoms with Crippen LogP contribution < -0.4 is 0 Å². The number of rotatable bonds is 1. The van der Waals surface area contributed by atoms with Crippen LogP contribution in [0.4, 0.5) is 0 Å². The fourth-order valence-electron chi connectivity index (χ4n) is 2.23. The molecule has 3 aromatic carbocycles. The lowest BCUT2D eigenvalue weighted by molar-refractivity contribution is 1.45. The Morgan fingerprint density at radius 1 is 0.524 bits per heavy atom. The molecule has 1 aromatic heterocycles. The molecule has 0 saturated heterocycles. The molecule has 4 aromatic rings. The van der Waals surface area contributed by atoms with Gasteiger partial charge in [0, 0.05) is 16.6 Å². The van der Waals surface area contributed by atoms with Crippen molar-refractivity contribution in [1.29, 1.82) is 0 Å². The molecule has 0 radical (unpaired) electrons. The molecule has 1 heterocycles. The molecule has 0 atom stereocenters. The van der Waals surface area contributed by atoms with Crippen LogP contribution in [0.1, 0.15) is 0 Å². The largest absolute Gasteiger partial charge is 0.355 e. The summed E-state index contributed by atoms with van der Waals surface area (Å²) in [7, 11) is 0. The molecule has 0 saturated carbocycles. The summed E-state index contributed by atoms with van der Waals surface area (Å²) in [6, 6.07) is 32.9. The molecule has 0 aliphatic rings. The van der Waals surface area contributed by atoms with Crippen molar-refractivity contribution in [2.24, 2.45) is 0 Å². The first-order valence-corrected chi connectivity index (χ1v) is 7.07. The van der Waals surface area contributed by atoms with Crippen LogP contribution >= 0.6 is 0 Å². The van der Waals surface area contributed by atoms with Crippen LogP contribution in [0.25, 0.3) is 22.2 Å². The fraction of sp³-hybridized carbons (Fsp3) is 0. The van der Waals surface area contributed by atoms with Crippen LogP contribution in [0.15, 0.2) is 97.1 Å². The molecular formula is C20H17N. The molecule has 0 spiro atoms. The highest BCUT2D eigenvalue weighted by Gasteiger charge is 2.00. The molecule has 102 valence electrons. The lowest BCUT2D eigenvalue weighted by atomic mass is 10.1. The minimum atomic E-state index is 1.18. The van der Waals surface area contributed by atoms with Crippen LogP contribution in [-0.2, 0) is 0 Å². The number of hydrogen-bond donors (Lipinski definition) is 1. The second-order valence-corrected chi connectivity index (χ2v) is 4.79. The van der Waals surface area contributed by atoms with Gasteiger partial charge in [-0.05, 0) is 17.7 Å². The molecule has 0 aliphatic heterocycles. The molecule has 1 heteroatoms. The first-order chi connectivity index (χ1) is 10.4. The predicted octanol–water partition coefficient (Wildman–Crippen LogP) is 5.52. The SMILES string of the molecule is c1ccc(-c2cc3ccccc3[nH]2)cc1.c1ccccc1. The van der Waals surface area contributed by atoms with Gasteiger partial charge in [-0.2, -0.15) is 0 Å². The van der Waals surface area contributed by atoms with E-state index < -0.39 is 0 Å². The molecular weight excluding hydrogens is 254 g/mol. The molecule has 21 heavy (non-hydrogen) atoms. The zero-order valence-electron chi connectivity index (χ0n) is 11.7. The predicted molar refractivity (Wildman–Crippen MR) is 90.2 cm³/mol. The van der Waals surface area contributed by atoms with E-state index in [0.29, 0.717) is 0 Å². The van der Waals surface area contributed by atoms with Crippen molar-refractivity contribution in [3.05, 3.63) is 97.1 Å². The van der Waals surface area contributed by atoms with Crippen molar-refractivity contribution in [1.82, 2.24) is 4.98 Å². The maximum atomic E-state index is 3.41. The van der Waals surface area contributed by atoms with Crippen LogP contribution in [0.2, 0.25) is 0 Å². The van der Waals surface area contributed by atoms with E-state index in [-0.39, 0.29) is 0 Å². The first kappa shape index (κ1) is 13.2. The highest BCUT2D eigenvalue weighted by Crippen LogP contribution is 2.23. The number of hydrogen-bond acceptors (Lipinski definition) is 0. The quantitative estimate of drug-likeness (QED) is 0.469. The van der Waals surface area contributed by atoms with Gasteiger partial charge in [0.05, 0.1) is 0 Å². The van der Waals surface area contributed by atoms with Crippen LogP contribution in [0.3, 0.4) is 0 Å². The summed E-state index contributed by atoms with van der Waals surface area (Å²) in [4.78, 5) is 3.41. The Balaban J connectivity index is 0.000000186. The zero-order chi connectivity index (χ0) is 14.3. The van der Waals surface area contributed by atoms with Crippen LogP contribution in [-0.4, -0.2) is 4.98 Å². The average molecular weight is 271 g/mol. The van der Waals surface area contributed by atoms with Gasteiger partial charge in [-0.15, -0.1) is 0 Å². The van der Waals surface area contributed by atoms with Crippen LogP contribution in [0, 0.1) is 0 Å². The molecule has 0 aliphatic carbocycles. The third kappa shape index (κ3) is 3.40. The van der Waals surface area contributed by atoms with Crippen molar-refractivity contribution in [2.75, 3.05) is 0 Å². The molecule has 0 amide bonds. The molecule has 4 rings (SSSR count). The summed E-state index contributed by atoms with van der Waals surface area (Å²) in [5, 5.41) is 1.26. The summed E-state index contributed by atoms with van der Waals surface area (Å²) in [6.07, 6.45) is 0. The lowest BCUT2D eigenvalue weighted by Crippen LogP contribution is -1.74. The summed E-state index contributed by atoms with van der Waals surface area (Å²) < 4.78 is 0. The van der Waals surface area contributed by atoms with Gasteiger partial charge in [-0.25, -0.2) is 0 Å². The number of aromatic amines is 1. The number of benzene rings is 3. The van der Waals surface area contributed by atoms with Crippen molar-refractivity contribution in [3.8, 4) is 11.3 Å². The Kier molecular flexibility index (Phi) is 4.13. The lowest BCUT2D eigenvalue weighted by Gasteiger charge is -1.94. The Bertz CT molecular complexity index is 726. The summed E-state index contributed by atoms with van der Waals surface area (Å²) in [5.74, 6) is 0. The molecule has 0 fully saturated rings. The zero-order valence-corrected chi connectivity index (χ0v) is 11.7. The number of H-pyrrole nitrogens is 1. The highest BCUT2D eigenvalue weighted by molar-refractivity contribution is 5.85. The maximum Gasteiger partial charge on any atom is 0.0464 e. The van der Waals surface area contributed by atoms with Crippen molar-refractivity contribution < 1.29 is 0 Å². The van der Waals surface area contributed by atoms with E-state index in [1.165, 1.54) is 22.2 Å². The number of nitrogens with one attached hydrogen (secondary N) is 1. The number of para-hydroxylation sites is 1. The molecule has 0 bridgehead atoms. The smallest absolute Gasteiger partial charge is 0.0464 e. The molecule has 0 unspecified atom stereocenters. The Labute approximate surface area is 124 Å². The minimum Gasteiger partial charge on any atom is -0.355 e. The van der Waals surface area contributed by atoms with Gasteiger partial charge in [-0.1, -0.05) is 84.9 Å². The van der Waals surface area contributed by atoms with E-state index in [1.807, 2.05) is 48.5 Å².